The minimum absolute atomic E-state index is 0.0644. The summed E-state index contributed by atoms with van der Waals surface area (Å²) in [5, 5.41) is 8.86. The average Bonchev–Trinajstić information content (AvgIpc) is 2.67. The number of aromatic hydroxyl groups is 1. The van der Waals surface area contributed by atoms with E-state index < -0.39 is 23.7 Å². The molecule has 0 atom stereocenters. The maximum Gasteiger partial charge on any atom is 0.326 e. The Balaban J connectivity index is 2.16. The largest absolute Gasteiger partial charge is 0.508 e. The van der Waals surface area contributed by atoms with Crippen LogP contribution in [-0.2, 0) is 14.3 Å². The lowest BCUT2D eigenvalue weighted by molar-refractivity contribution is -0.145. The molecule has 1 aliphatic rings. The molecule has 0 unspecified atom stereocenters. The van der Waals surface area contributed by atoms with E-state index in [0.717, 1.165) is 16.7 Å². The van der Waals surface area contributed by atoms with Crippen LogP contribution in [0, 0.1) is 0 Å². The molecule has 0 bridgehead atoms. The normalized spacial score (nSPS) is 16.6. The summed E-state index contributed by atoms with van der Waals surface area (Å²) in [6.45, 7) is 1.44. The SMILES string of the molecule is CCOC(=O)CN1C(=O)S/C(=C/c2cccc(O)c2)C1=O. The number of esters is 1. The van der Waals surface area contributed by atoms with Crippen molar-refractivity contribution in [3.05, 3.63) is 34.7 Å². The molecule has 1 N–H and O–H groups in total. The molecule has 7 heteroatoms. The Morgan fingerprint density at radius 2 is 2.19 bits per heavy atom. The lowest BCUT2D eigenvalue weighted by Crippen LogP contribution is -2.34. The number of amides is 2. The Hall–Kier alpha value is -2.28. The average molecular weight is 307 g/mol. The number of phenols is 1. The Bertz CT molecular complexity index is 626. The molecule has 2 rings (SSSR count). The van der Waals surface area contributed by atoms with Gasteiger partial charge in [-0.05, 0) is 42.5 Å². The van der Waals surface area contributed by atoms with E-state index in [9.17, 15) is 19.5 Å². The van der Waals surface area contributed by atoms with Crippen molar-refractivity contribution in [2.24, 2.45) is 0 Å². The second kappa shape index (κ2) is 6.45. The number of nitrogens with zero attached hydrogens (tertiary/aromatic N) is 1. The predicted molar refractivity (Wildman–Crippen MR) is 77.4 cm³/mol. The Kier molecular flexibility index (Phi) is 4.64. The summed E-state index contributed by atoms with van der Waals surface area (Å²) >= 11 is 0.752. The lowest BCUT2D eigenvalue weighted by atomic mass is 10.2. The van der Waals surface area contributed by atoms with Crippen molar-refractivity contribution in [3.63, 3.8) is 0 Å². The Morgan fingerprint density at radius 3 is 2.86 bits per heavy atom. The van der Waals surface area contributed by atoms with Crippen LogP contribution in [0.15, 0.2) is 29.2 Å². The molecule has 21 heavy (non-hydrogen) atoms. The molecule has 0 aromatic heterocycles. The van der Waals surface area contributed by atoms with Gasteiger partial charge in [-0.3, -0.25) is 19.3 Å². The van der Waals surface area contributed by atoms with Gasteiger partial charge in [0.25, 0.3) is 11.1 Å². The van der Waals surface area contributed by atoms with Gasteiger partial charge in [0, 0.05) is 0 Å². The van der Waals surface area contributed by atoms with Crippen molar-refractivity contribution in [2.45, 2.75) is 6.92 Å². The summed E-state index contributed by atoms with van der Waals surface area (Å²) in [4.78, 5) is 36.3. The number of hydrogen-bond acceptors (Lipinski definition) is 6. The number of rotatable bonds is 4. The van der Waals surface area contributed by atoms with Gasteiger partial charge < -0.3 is 9.84 Å². The van der Waals surface area contributed by atoms with Crippen LogP contribution in [0.25, 0.3) is 6.08 Å². The fraction of sp³-hybridized carbons (Fsp3) is 0.214. The highest BCUT2D eigenvalue weighted by Crippen LogP contribution is 2.32. The summed E-state index contributed by atoms with van der Waals surface area (Å²) in [6, 6.07) is 6.30. The van der Waals surface area contributed by atoms with Gasteiger partial charge in [0.15, 0.2) is 0 Å². The molecule has 1 aliphatic heterocycles. The van der Waals surface area contributed by atoms with E-state index in [1.54, 1.807) is 19.1 Å². The van der Waals surface area contributed by atoms with Gasteiger partial charge in [-0.25, -0.2) is 0 Å². The summed E-state index contributed by atoms with van der Waals surface area (Å²) in [5.74, 6) is -1.10. The van der Waals surface area contributed by atoms with Gasteiger partial charge in [0.05, 0.1) is 11.5 Å². The highest BCUT2D eigenvalue weighted by molar-refractivity contribution is 8.18. The molecule has 1 aromatic rings. The third kappa shape index (κ3) is 3.63. The molecule has 2 amide bonds. The first kappa shape index (κ1) is 15.1. The maximum atomic E-state index is 12.1. The molecule has 0 spiro atoms. The van der Waals surface area contributed by atoms with Crippen LogP contribution in [0.5, 0.6) is 5.75 Å². The van der Waals surface area contributed by atoms with Crippen molar-refractivity contribution in [2.75, 3.05) is 13.2 Å². The molecule has 1 saturated heterocycles. The van der Waals surface area contributed by atoms with Gasteiger partial charge >= 0.3 is 5.97 Å². The molecular weight excluding hydrogens is 294 g/mol. The topological polar surface area (TPSA) is 83.9 Å². The first-order valence-corrected chi connectivity index (χ1v) is 7.03. The molecule has 0 radical (unpaired) electrons. The summed E-state index contributed by atoms with van der Waals surface area (Å²) < 4.78 is 4.72. The van der Waals surface area contributed by atoms with E-state index in [1.807, 2.05) is 0 Å². The monoisotopic (exact) mass is 307 g/mol. The number of phenolic OH excluding ortho intramolecular Hbond substituents is 1. The van der Waals surface area contributed by atoms with Crippen LogP contribution in [0.2, 0.25) is 0 Å². The molecule has 1 fully saturated rings. The predicted octanol–water partition coefficient (Wildman–Crippen LogP) is 1.99. The fourth-order valence-corrected chi connectivity index (χ4v) is 2.58. The smallest absolute Gasteiger partial charge is 0.326 e. The van der Waals surface area contributed by atoms with E-state index in [0.29, 0.717) is 5.56 Å². The van der Waals surface area contributed by atoms with Crippen LogP contribution in [0.3, 0.4) is 0 Å². The van der Waals surface area contributed by atoms with Gasteiger partial charge in [0.2, 0.25) is 0 Å². The van der Waals surface area contributed by atoms with Crippen molar-refractivity contribution in [3.8, 4) is 5.75 Å². The van der Waals surface area contributed by atoms with Crippen LogP contribution < -0.4 is 0 Å². The zero-order chi connectivity index (χ0) is 15.4. The van der Waals surface area contributed by atoms with Gasteiger partial charge in [-0.1, -0.05) is 12.1 Å². The summed E-state index contributed by atoms with van der Waals surface area (Å²) in [6.07, 6.45) is 1.50. The fourth-order valence-electron chi connectivity index (χ4n) is 1.74. The summed E-state index contributed by atoms with van der Waals surface area (Å²) in [7, 11) is 0. The Labute approximate surface area is 125 Å². The van der Waals surface area contributed by atoms with Crippen LogP contribution >= 0.6 is 11.8 Å². The molecule has 1 aromatic carbocycles. The molecule has 6 nitrogen and oxygen atoms in total. The van der Waals surface area contributed by atoms with Crippen LogP contribution in [-0.4, -0.2) is 40.3 Å². The third-order valence-corrected chi connectivity index (χ3v) is 3.54. The van der Waals surface area contributed by atoms with E-state index in [1.165, 1.54) is 18.2 Å². The molecule has 0 aliphatic carbocycles. The number of carbonyl (C=O) groups excluding carboxylic acids is 3. The molecule has 0 saturated carbocycles. The van der Waals surface area contributed by atoms with Crippen molar-refractivity contribution >= 4 is 35.0 Å². The second-order valence-corrected chi connectivity index (χ2v) is 5.16. The number of benzene rings is 1. The lowest BCUT2D eigenvalue weighted by Gasteiger charge is -2.10. The third-order valence-electron chi connectivity index (χ3n) is 2.63. The van der Waals surface area contributed by atoms with Crippen molar-refractivity contribution < 1.29 is 24.2 Å². The molecule has 1 heterocycles. The second-order valence-electron chi connectivity index (χ2n) is 4.17. The number of ether oxygens (including phenoxy) is 1. The first-order chi connectivity index (χ1) is 10.0. The zero-order valence-corrected chi connectivity index (χ0v) is 12.1. The number of imide groups is 1. The Morgan fingerprint density at radius 1 is 1.43 bits per heavy atom. The van der Waals surface area contributed by atoms with E-state index in [-0.39, 0.29) is 17.3 Å². The maximum absolute atomic E-state index is 12.1. The molecule has 110 valence electrons. The van der Waals surface area contributed by atoms with E-state index >= 15 is 0 Å². The van der Waals surface area contributed by atoms with Gasteiger partial charge in [-0.15, -0.1) is 0 Å². The minimum atomic E-state index is -0.626. The molecular formula is C14H13NO5S. The van der Waals surface area contributed by atoms with Gasteiger partial charge in [-0.2, -0.15) is 0 Å². The van der Waals surface area contributed by atoms with Crippen molar-refractivity contribution in [1.82, 2.24) is 4.90 Å². The quantitative estimate of drug-likeness (QED) is 0.676. The number of carbonyl (C=O) groups is 3. The number of hydrogen-bond donors (Lipinski definition) is 1. The van der Waals surface area contributed by atoms with Crippen LogP contribution in [0.4, 0.5) is 4.79 Å². The number of thioether (sulfide) groups is 1. The van der Waals surface area contributed by atoms with E-state index in [4.69, 9.17) is 4.74 Å². The minimum Gasteiger partial charge on any atom is -0.508 e. The van der Waals surface area contributed by atoms with E-state index in [2.05, 4.69) is 0 Å². The first-order valence-electron chi connectivity index (χ1n) is 6.21. The summed E-state index contributed by atoms with van der Waals surface area (Å²) in [5.41, 5.74) is 0.594. The highest BCUT2D eigenvalue weighted by atomic mass is 32.2. The standard InChI is InChI=1S/C14H13NO5S/c1-2-20-12(17)8-15-13(18)11(21-14(15)19)7-9-4-3-5-10(16)6-9/h3-7,16H,2,8H2,1H3/b11-7+. The zero-order valence-electron chi connectivity index (χ0n) is 11.2. The highest BCUT2D eigenvalue weighted by Gasteiger charge is 2.36. The van der Waals surface area contributed by atoms with Gasteiger partial charge in [0.1, 0.15) is 12.3 Å². The van der Waals surface area contributed by atoms with Crippen LogP contribution in [0.1, 0.15) is 12.5 Å². The van der Waals surface area contributed by atoms with Crippen molar-refractivity contribution in [1.29, 1.82) is 0 Å².